The summed E-state index contributed by atoms with van der Waals surface area (Å²) in [7, 11) is 0. The lowest BCUT2D eigenvalue weighted by atomic mass is 10.2. The van der Waals surface area contributed by atoms with E-state index in [-0.39, 0.29) is 6.10 Å². The third kappa shape index (κ3) is 4.44. The van der Waals surface area contributed by atoms with Crippen LogP contribution in [0.25, 0.3) is 0 Å². The quantitative estimate of drug-likeness (QED) is 0.888. The Kier molecular flexibility index (Phi) is 5.07. The van der Waals surface area contributed by atoms with Gasteiger partial charge in [-0.3, -0.25) is 0 Å². The summed E-state index contributed by atoms with van der Waals surface area (Å²) < 4.78 is 11.4. The van der Waals surface area contributed by atoms with Crippen LogP contribution in [0.1, 0.15) is 24.0 Å². The van der Waals surface area contributed by atoms with Gasteiger partial charge in [0.1, 0.15) is 24.2 Å². The minimum absolute atomic E-state index is 0.222. The topological polar surface area (TPSA) is 67.2 Å². The zero-order chi connectivity index (χ0) is 15.9. The van der Waals surface area contributed by atoms with E-state index in [1.807, 2.05) is 24.3 Å². The fraction of sp³-hybridized carbons (Fsp3) is 0.333. The van der Waals surface area contributed by atoms with E-state index in [2.05, 4.69) is 16.4 Å². The summed E-state index contributed by atoms with van der Waals surface area (Å²) in [6.45, 7) is 2.10. The van der Waals surface area contributed by atoms with Crippen molar-refractivity contribution in [2.75, 3.05) is 18.5 Å². The molecular weight excluding hydrogens is 290 g/mol. The van der Waals surface area contributed by atoms with Crippen LogP contribution in [0.2, 0.25) is 0 Å². The van der Waals surface area contributed by atoms with Gasteiger partial charge in [-0.1, -0.05) is 12.1 Å². The van der Waals surface area contributed by atoms with E-state index < -0.39 is 0 Å². The Morgan fingerprint density at radius 2 is 2.30 bits per heavy atom. The molecule has 2 aromatic rings. The van der Waals surface area contributed by atoms with Crippen molar-refractivity contribution in [1.82, 2.24) is 4.98 Å². The Morgan fingerprint density at radius 1 is 1.35 bits per heavy atom. The van der Waals surface area contributed by atoms with Crippen molar-refractivity contribution in [3.63, 3.8) is 0 Å². The van der Waals surface area contributed by atoms with Crippen LogP contribution in [0, 0.1) is 11.3 Å². The number of ether oxygens (including phenoxy) is 2. The van der Waals surface area contributed by atoms with Gasteiger partial charge in [-0.15, -0.1) is 0 Å². The molecule has 1 N–H and O–H groups in total. The molecule has 5 heteroatoms. The zero-order valence-corrected chi connectivity index (χ0v) is 12.9. The molecule has 0 aliphatic carbocycles. The normalized spacial score (nSPS) is 16.7. The summed E-state index contributed by atoms with van der Waals surface area (Å²) in [4.78, 5) is 4.19. The first kappa shape index (κ1) is 15.3. The molecule has 1 fully saturated rings. The minimum Gasteiger partial charge on any atom is -0.491 e. The number of benzene rings is 1. The van der Waals surface area contributed by atoms with Crippen molar-refractivity contribution >= 4 is 5.82 Å². The lowest BCUT2D eigenvalue weighted by molar-refractivity contribution is 0.0679. The minimum atomic E-state index is 0.222. The van der Waals surface area contributed by atoms with Gasteiger partial charge in [0.2, 0.25) is 0 Å². The fourth-order valence-electron chi connectivity index (χ4n) is 2.47. The van der Waals surface area contributed by atoms with E-state index in [0.29, 0.717) is 18.7 Å². The first-order valence-electron chi connectivity index (χ1n) is 7.77. The maximum absolute atomic E-state index is 8.76. The van der Waals surface area contributed by atoms with Gasteiger partial charge >= 0.3 is 0 Å². The number of rotatable bonds is 6. The van der Waals surface area contributed by atoms with E-state index in [1.165, 1.54) is 0 Å². The van der Waals surface area contributed by atoms with E-state index in [9.17, 15) is 0 Å². The van der Waals surface area contributed by atoms with Gasteiger partial charge in [-0.25, -0.2) is 4.98 Å². The fourth-order valence-corrected chi connectivity index (χ4v) is 2.47. The van der Waals surface area contributed by atoms with E-state index in [4.69, 9.17) is 14.7 Å². The van der Waals surface area contributed by atoms with Gasteiger partial charge < -0.3 is 14.8 Å². The molecule has 1 aliphatic rings. The Labute approximate surface area is 135 Å². The third-order valence-electron chi connectivity index (χ3n) is 3.72. The van der Waals surface area contributed by atoms with Crippen LogP contribution in [-0.4, -0.2) is 24.3 Å². The predicted molar refractivity (Wildman–Crippen MR) is 87.2 cm³/mol. The lowest BCUT2D eigenvalue weighted by Crippen LogP contribution is -2.16. The van der Waals surface area contributed by atoms with Crippen LogP contribution >= 0.6 is 0 Å². The maximum Gasteiger partial charge on any atom is 0.126 e. The summed E-state index contributed by atoms with van der Waals surface area (Å²) >= 11 is 0. The second-order valence-corrected chi connectivity index (χ2v) is 5.49. The largest absolute Gasteiger partial charge is 0.491 e. The highest BCUT2D eigenvalue weighted by atomic mass is 16.5. The van der Waals surface area contributed by atoms with Gasteiger partial charge in [0.15, 0.2) is 0 Å². The van der Waals surface area contributed by atoms with Crippen molar-refractivity contribution in [2.45, 2.75) is 25.5 Å². The smallest absolute Gasteiger partial charge is 0.126 e. The Bertz CT molecular complexity index is 673. The summed E-state index contributed by atoms with van der Waals surface area (Å²) in [6, 6.07) is 13.6. The molecule has 2 heterocycles. The van der Waals surface area contributed by atoms with Gasteiger partial charge in [0.25, 0.3) is 0 Å². The van der Waals surface area contributed by atoms with Crippen LogP contribution in [0.3, 0.4) is 0 Å². The summed E-state index contributed by atoms with van der Waals surface area (Å²) in [5.74, 6) is 1.60. The highest BCUT2D eigenvalue weighted by Gasteiger charge is 2.15. The molecule has 3 rings (SSSR count). The van der Waals surface area contributed by atoms with Crippen molar-refractivity contribution < 1.29 is 9.47 Å². The van der Waals surface area contributed by atoms with E-state index in [0.717, 1.165) is 36.6 Å². The van der Waals surface area contributed by atoms with Crippen LogP contribution < -0.4 is 10.1 Å². The molecule has 23 heavy (non-hydrogen) atoms. The SMILES string of the molecule is N#Cc1ccc(NCc2cccc(OCC3CCCO3)c2)nc1. The summed E-state index contributed by atoms with van der Waals surface area (Å²) in [5.41, 5.74) is 1.67. The number of pyridine rings is 1. The molecule has 5 nitrogen and oxygen atoms in total. The molecule has 1 aliphatic heterocycles. The van der Waals surface area contributed by atoms with Crippen molar-refractivity contribution in [3.05, 3.63) is 53.7 Å². The average Bonchev–Trinajstić information content (AvgIpc) is 3.12. The summed E-state index contributed by atoms with van der Waals surface area (Å²) in [6.07, 6.45) is 3.98. The van der Waals surface area contributed by atoms with E-state index >= 15 is 0 Å². The Balaban J connectivity index is 1.53. The lowest BCUT2D eigenvalue weighted by Gasteiger charge is -2.12. The number of aromatic nitrogens is 1. The molecule has 1 atom stereocenters. The van der Waals surface area contributed by atoms with Crippen molar-refractivity contribution in [1.29, 1.82) is 5.26 Å². The molecule has 0 radical (unpaired) electrons. The highest BCUT2D eigenvalue weighted by molar-refractivity contribution is 5.40. The first-order valence-corrected chi connectivity index (χ1v) is 7.77. The Morgan fingerprint density at radius 3 is 3.04 bits per heavy atom. The number of anilines is 1. The van der Waals surface area contributed by atoms with Crippen LogP contribution in [0.4, 0.5) is 5.82 Å². The van der Waals surface area contributed by atoms with Gasteiger partial charge in [0.05, 0.1) is 11.7 Å². The summed E-state index contributed by atoms with van der Waals surface area (Å²) in [5, 5.41) is 12.0. The van der Waals surface area contributed by atoms with Crippen molar-refractivity contribution in [2.24, 2.45) is 0 Å². The molecular formula is C18H19N3O2. The van der Waals surface area contributed by atoms with Crippen LogP contribution in [-0.2, 0) is 11.3 Å². The van der Waals surface area contributed by atoms with Gasteiger partial charge in [0, 0.05) is 19.3 Å². The first-order chi connectivity index (χ1) is 11.3. The predicted octanol–water partition coefficient (Wildman–Crippen LogP) is 3.12. The molecule has 1 saturated heterocycles. The maximum atomic E-state index is 8.76. The number of nitrogens with zero attached hydrogens (tertiary/aromatic N) is 2. The number of hydrogen-bond donors (Lipinski definition) is 1. The highest BCUT2D eigenvalue weighted by Crippen LogP contribution is 2.18. The average molecular weight is 309 g/mol. The molecule has 0 spiro atoms. The number of nitriles is 1. The third-order valence-corrected chi connectivity index (χ3v) is 3.72. The number of hydrogen-bond acceptors (Lipinski definition) is 5. The zero-order valence-electron chi connectivity index (χ0n) is 12.9. The monoisotopic (exact) mass is 309 g/mol. The molecule has 0 bridgehead atoms. The van der Waals surface area contributed by atoms with Crippen molar-refractivity contribution in [3.8, 4) is 11.8 Å². The number of nitrogens with one attached hydrogen (secondary N) is 1. The standard InChI is InChI=1S/C18H19N3O2/c19-10-15-6-7-18(21-12-15)20-11-14-3-1-4-16(9-14)23-13-17-5-2-8-22-17/h1,3-4,6-7,9,12,17H,2,5,8,11,13H2,(H,20,21). The van der Waals surface area contributed by atoms with Gasteiger partial charge in [-0.05, 0) is 42.7 Å². The van der Waals surface area contributed by atoms with E-state index in [1.54, 1.807) is 18.3 Å². The molecule has 0 amide bonds. The Hall–Kier alpha value is -2.58. The van der Waals surface area contributed by atoms with Crippen LogP contribution in [0.15, 0.2) is 42.6 Å². The van der Waals surface area contributed by atoms with Gasteiger partial charge in [-0.2, -0.15) is 5.26 Å². The molecule has 0 saturated carbocycles. The second kappa shape index (κ2) is 7.61. The molecule has 1 aromatic carbocycles. The van der Waals surface area contributed by atoms with Crippen LogP contribution in [0.5, 0.6) is 5.75 Å². The second-order valence-electron chi connectivity index (χ2n) is 5.49. The molecule has 1 unspecified atom stereocenters. The molecule has 1 aromatic heterocycles. The molecule has 118 valence electrons.